The number of benzene rings is 1. The summed E-state index contributed by atoms with van der Waals surface area (Å²) in [5, 5.41) is 16.7. The fraction of sp³-hybridized carbons (Fsp3) is 0.450. The lowest BCUT2D eigenvalue weighted by atomic mass is 10.0. The van der Waals surface area contributed by atoms with Crippen LogP contribution in [-0.4, -0.2) is 36.9 Å². The Bertz CT molecular complexity index is 817. The van der Waals surface area contributed by atoms with Crippen LogP contribution in [0.2, 0.25) is 0 Å². The maximum atomic E-state index is 12.4. The molecule has 0 amide bonds. The molecule has 0 saturated heterocycles. The van der Waals surface area contributed by atoms with Crippen molar-refractivity contribution >= 4 is 5.96 Å². The molecular weight excluding hydrogens is 387 g/mol. The topological polar surface area (TPSA) is 79.0 Å². The quantitative estimate of drug-likeness (QED) is 0.456. The zero-order chi connectivity index (χ0) is 21.5. The molecule has 1 atom stereocenters. The minimum Gasteiger partial charge on any atom is -0.484 e. The summed E-state index contributed by atoms with van der Waals surface area (Å²) in [6.07, 6.45) is -4.41. The van der Waals surface area contributed by atoms with Crippen LogP contribution in [0.3, 0.4) is 0 Å². The molecular formula is C20H26F3N3O3. The summed E-state index contributed by atoms with van der Waals surface area (Å²) in [5.74, 6) is 1.64. The van der Waals surface area contributed by atoms with Crippen molar-refractivity contribution in [1.82, 2.24) is 10.6 Å². The van der Waals surface area contributed by atoms with Gasteiger partial charge in [0.05, 0.1) is 13.1 Å². The molecule has 0 aliphatic rings. The van der Waals surface area contributed by atoms with Gasteiger partial charge in [0.2, 0.25) is 0 Å². The summed E-state index contributed by atoms with van der Waals surface area (Å²) in [6, 6.07) is 9.90. The average Bonchev–Trinajstić information content (AvgIpc) is 3.10. The van der Waals surface area contributed by atoms with Crippen LogP contribution in [0.5, 0.6) is 5.75 Å². The Kier molecular flexibility index (Phi) is 7.55. The second-order valence-corrected chi connectivity index (χ2v) is 6.74. The number of nitrogens with one attached hydrogen (secondary N) is 2. The lowest BCUT2D eigenvalue weighted by Crippen LogP contribution is -2.44. The van der Waals surface area contributed by atoms with Gasteiger partial charge >= 0.3 is 6.18 Å². The third-order valence-corrected chi connectivity index (χ3v) is 3.99. The number of para-hydroxylation sites is 1. The number of aryl methyl sites for hydroxylation is 1. The molecule has 0 spiro atoms. The number of furan rings is 1. The molecule has 0 aliphatic carbocycles. The summed E-state index contributed by atoms with van der Waals surface area (Å²) in [6.45, 7) is 4.71. The number of hydrogen-bond donors (Lipinski definition) is 3. The van der Waals surface area contributed by atoms with Crippen molar-refractivity contribution in [3.63, 3.8) is 0 Å². The van der Waals surface area contributed by atoms with Crippen LogP contribution in [0.1, 0.15) is 30.9 Å². The van der Waals surface area contributed by atoms with Gasteiger partial charge in [0, 0.05) is 12.1 Å². The van der Waals surface area contributed by atoms with Crippen LogP contribution < -0.4 is 15.4 Å². The van der Waals surface area contributed by atoms with Crippen LogP contribution in [0.25, 0.3) is 0 Å². The van der Waals surface area contributed by atoms with Gasteiger partial charge in [-0.25, -0.2) is 4.99 Å². The predicted molar refractivity (Wildman–Crippen MR) is 104 cm³/mol. The van der Waals surface area contributed by atoms with E-state index in [-0.39, 0.29) is 18.8 Å². The first-order valence-corrected chi connectivity index (χ1v) is 9.19. The highest BCUT2D eigenvalue weighted by Crippen LogP contribution is 2.23. The van der Waals surface area contributed by atoms with E-state index in [1.807, 2.05) is 6.92 Å². The second-order valence-electron chi connectivity index (χ2n) is 6.74. The molecule has 29 heavy (non-hydrogen) atoms. The molecule has 0 fully saturated rings. The van der Waals surface area contributed by atoms with Crippen molar-refractivity contribution in [2.45, 2.75) is 39.1 Å². The monoisotopic (exact) mass is 413 g/mol. The highest BCUT2D eigenvalue weighted by atomic mass is 19.4. The van der Waals surface area contributed by atoms with Gasteiger partial charge in [-0.3, -0.25) is 0 Å². The highest BCUT2D eigenvalue weighted by molar-refractivity contribution is 5.79. The SMILES string of the molecule is CCNC(=NCc1ccccc1OCC(F)(F)F)NCC(C)(O)c1ccc(C)o1. The van der Waals surface area contributed by atoms with Crippen molar-refractivity contribution in [2.24, 2.45) is 4.99 Å². The minimum atomic E-state index is -4.41. The first-order valence-electron chi connectivity index (χ1n) is 9.19. The summed E-state index contributed by atoms with van der Waals surface area (Å²) >= 11 is 0. The molecule has 1 heterocycles. The Morgan fingerprint density at radius 2 is 1.90 bits per heavy atom. The van der Waals surface area contributed by atoms with E-state index in [9.17, 15) is 18.3 Å². The number of halogens is 3. The van der Waals surface area contributed by atoms with E-state index in [1.54, 1.807) is 44.2 Å². The van der Waals surface area contributed by atoms with Crippen LogP contribution in [-0.2, 0) is 12.1 Å². The number of rotatable bonds is 8. The van der Waals surface area contributed by atoms with Crippen molar-refractivity contribution in [3.8, 4) is 5.75 Å². The summed E-state index contributed by atoms with van der Waals surface area (Å²) in [4.78, 5) is 4.38. The third-order valence-electron chi connectivity index (χ3n) is 3.99. The predicted octanol–water partition coefficient (Wildman–Crippen LogP) is 3.49. The van der Waals surface area contributed by atoms with E-state index < -0.39 is 18.4 Å². The van der Waals surface area contributed by atoms with E-state index in [1.165, 1.54) is 6.07 Å². The smallest absolute Gasteiger partial charge is 0.422 e. The number of alkyl halides is 3. The van der Waals surface area contributed by atoms with Gasteiger partial charge in [-0.15, -0.1) is 0 Å². The Balaban J connectivity index is 2.05. The van der Waals surface area contributed by atoms with Gasteiger partial charge in [0.1, 0.15) is 22.9 Å². The molecule has 0 saturated carbocycles. The van der Waals surface area contributed by atoms with Gasteiger partial charge in [0.15, 0.2) is 12.6 Å². The maximum absolute atomic E-state index is 12.4. The number of hydrogen-bond acceptors (Lipinski definition) is 4. The fourth-order valence-corrected chi connectivity index (χ4v) is 2.51. The molecule has 1 unspecified atom stereocenters. The van der Waals surface area contributed by atoms with Crippen LogP contribution in [0.15, 0.2) is 45.8 Å². The molecule has 0 aliphatic heterocycles. The second kappa shape index (κ2) is 9.69. The third kappa shape index (κ3) is 7.34. The summed E-state index contributed by atoms with van der Waals surface area (Å²) < 4.78 is 47.7. The van der Waals surface area contributed by atoms with Gasteiger partial charge in [-0.1, -0.05) is 18.2 Å². The lowest BCUT2D eigenvalue weighted by Gasteiger charge is -2.23. The standard InChI is InChI=1S/C20H26F3N3O3/c1-4-24-18(26-12-19(3,27)17-10-9-14(2)29-17)25-11-15-7-5-6-8-16(15)28-13-20(21,22)23/h5-10,27H,4,11-13H2,1-3H3,(H2,24,25,26). The molecule has 0 radical (unpaired) electrons. The molecule has 6 nitrogen and oxygen atoms in total. The van der Waals surface area contributed by atoms with Crippen molar-refractivity contribution in [2.75, 3.05) is 19.7 Å². The van der Waals surface area contributed by atoms with Crippen molar-refractivity contribution in [1.29, 1.82) is 0 Å². The number of aliphatic imine (C=N–C) groups is 1. The number of aliphatic hydroxyl groups is 1. The number of nitrogens with zero attached hydrogens (tertiary/aromatic N) is 1. The van der Waals surface area contributed by atoms with E-state index in [0.717, 1.165) is 0 Å². The van der Waals surface area contributed by atoms with Crippen molar-refractivity contribution in [3.05, 3.63) is 53.5 Å². The highest BCUT2D eigenvalue weighted by Gasteiger charge is 2.29. The number of ether oxygens (including phenoxy) is 1. The molecule has 160 valence electrons. The van der Waals surface area contributed by atoms with E-state index in [2.05, 4.69) is 15.6 Å². The van der Waals surface area contributed by atoms with Crippen LogP contribution in [0.4, 0.5) is 13.2 Å². The summed E-state index contributed by atoms with van der Waals surface area (Å²) in [5.41, 5.74) is -0.750. The molecule has 2 aromatic rings. The molecule has 3 N–H and O–H groups in total. The zero-order valence-electron chi connectivity index (χ0n) is 16.6. The van der Waals surface area contributed by atoms with Gasteiger partial charge in [-0.2, -0.15) is 13.2 Å². The maximum Gasteiger partial charge on any atom is 0.422 e. The molecule has 0 bridgehead atoms. The molecule has 1 aromatic heterocycles. The normalized spacial score (nSPS) is 14.4. The van der Waals surface area contributed by atoms with Gasteiger partial charge in [0.25, 0.3) is 0 Å². The van der Waals surface area contributed by atoms with E-state index in [0.29, 0.717) is 29.6 Å². The first-order chi connectivity index (χ1) is 13.6. The lowest BCUT2D eigenvalue weighted by molar-refractivity contribution is -0.153. The average molecular weight is 413 g/mol. The Hall–Kier alpha value is -2.68. The fourth-order valence-electron chi connectivity index (χ4n) is 2.51. The molecule has 2 rings (SSSR count). The largest absolute Gasteiger partial charge is 0.484 e. The minimum absolute atomic E-state index is 0.103. The van der Waals surface area contributed by atoms with E-state index in [4.69, 9.17) is 9.15 Å². The first kappa shape index (κ1) is 22.6. The summed E-state index contributed by atoms with van der Waals surface area (Å²) in [7, 11) is 0. The number of guanidine groups is 1. The zero-order valence-corrected chi connectivity index (χ0v) is 16.6. The van der Waals surface area contributed by atoms with Crippen LogP contribution >= 0.6 is 0 Å². The van der Waals surface area contributed by atoms with Crippen molar-refractivity contribution < 1.29 is 27.4 Å². The molecule has 1 aromatic carbocycles. The van der Waals surface area contributed by atoms with Crippen LogP contribution in [0, 0.1) is 6.92 Å². The van der Waals surface area contributed by atoms with Gasteiger partial charge < -0.3 is 24.9 Å². The Labute approximate surface area is 167 Å². The Morgan fingerprint density at radius 3 is 2.52 bits per heavy atom. The van der Waals surface area contributed by atoms with Gasteiger partial charge in [-0.05, 0) is 39.0 Å². The van der Waals surface area contributed by atoms with E-state index >= 15 is 0 Å². The molecule has 9 heteroatoms. The Morgan fingerprint density at radius 1 is 1.17 bits per heavy atom.